The van der Waals surface area contributed by atoms with E-state index in [9.17, 15) is 5.11 Å². The largest absolute Gasteiger partial charge is 0.508 e. The molecule has 2 unspecified atom stereocenters. The second kappa shape index (κ2) is 6.92. The molecular weight excluding hydrogens is 236 g/mol. The highest BCUT2D eigenvalue weighted by Crippen LogP contribution is 2.20. The molecular formula is C16H26N2O. The number of phenols is 1. The zero-order valence-corrected chi connectivity index (χ0v) is 11.9. The number of benzene rings is 1. The molecule has 106 valence electrons. The van der Waals surface area contributed by atoms with E-state index in [0.717, 1.165) is 19.5 Å². The summed E-state index contributed by atoms with van der Waals surface area (Å²) in [6.45, 7) is 5.51. The quantitative estimate of drug-likeness (QED) is 0.856. The Morgan fingerprint density at radius 2 is 2.11 bits per heavy atom. The number of nitrogens with zero attached hydrogens (tertiary/aromatic N) is 1. The van der Waals surface area contributed by atoms with Gasteiger partial charge in [-0.15, -0.1) is 0 Å². The van der Waals surface area contributed by atoms with Crippen molar-refractivity contribution in [3.8, 4) is 5.75 Å². The molecule has 3 N–H and O–H groups in total. The number of likely N-dealkylation sites (tertiary alicyclic amines) is 1. The summed E-state index contributed by atoms with van der Waals surface area (Å²) in [5.41, 5.74) is 7.10. The number of rotatable bonds is 5. The minimum Gasteiger partial charge on any atom is -0.508 e. The van der Waals surface area contributed by atoms with Crippen LogP contribution in [0.15, 0.2) is 24.3 Å². The lowest BCUT2D eigenvalue weighted by molar-refractivity contribution is 0.129. The van der Waals surface area contributed by atoms with Gasteiger partial charge in [0.05, 0.1) is 0 Å². The summed E-state index contributed by atoms with van der Waals surface area (Å²) in [5.74, 6) is 1.03. The van der Waals surface area contributed by atoms with Crippen molar-refractivity contribution in [2.24, 2.45) is 11.7 Å². The highest BCUT2D eigenvalue weighted by molar-refractivity contribution is 5.25. The normalized spacial score (nSPS) is 22.3. The lowest BCUT2D eigenvalue weighted by Gasteiger charge is -2.36. The summed E-state index contributed by atoms with van der Waals surface area (Å²) in [7, 11) is 0. The van der Waals surface area contributed by atoms with Crippen molar-refractivity contribution >= 4 is 0 Å². The van der Waals surface area contributed by atoms with Crippen molar-refractivity contribution in [3.05, 3.63) is 29.8 Å². The van der Waals surface area contributed by atoms with Crippen molar-refractivity contribution in [3.63, 3.8) is 0 Å². The van der Waals surface area contributed by atoms with Gasteiger partial charge in [-0.3, -0.25) is 0 Å². The van der Waals surface area contributed by atoms with Gasteiger partial charge in [-0.05, 0) is 69.3 Å². The maximum Gasteiger partial charge on any atom is 0.115 e. The minimum absolute atomic E-state index is 0.346. The Hall–Kier alpha value is -1.06. The van der Waals surface area contributed by atoms with Crippen LogP contribution in [-0.4, -0.2) is 35.7 Å². The summed E-state index contributed by atoms with van der Waals surface area (Å²) in [4.78, 5) is 2.58. The summed E-state index contributed by atoms with van der Waals surface area (Å²) >= 11 is 0. The molecule has 0 aromatic heterocycles. The maximum absolute atomic E-state index is 9.27. The first-order chi connectivity index (χ1) is 9.19. The minimum atomic E-state index is 0.346. The van der Waals surface area contributed by atoms with Crippen LogP contribution in [0.1, 0.15) is 31.7 Å². The summed E-state index contributed by atoms with van der Waals surface area (Å²) in [5, 5.41) is 9.27. The van der Waals surface area contributed by atoms with E-state index in [1.165, 1.54) is 31.4 Å². The first-order valence-corrected chi connectivity index (χ1v) is 7.41. The fraction of sp³-hybridized carbons (Fsp3) is 0.625. The number of aromatic hydroxyl groups is 1. The van der Waals surface area contributed by atoms with Gasteiger partial charge in [0.2, 0.25) is 0 Å². The SMILES string of the molecule is CC(CCc1ccc(O)cc1)N1CCCC(CN)C1. The first-order valence-electron chi connectivity index (χ1n) is 7.41. The molecule has 1 aliphatic heterocycles. The Balaban J connectivity index is 1.80. The van der Waals surface area contributed by atoms with Crippen LogP contribution in [0.25, 0.3) is 0 Å². The van der Waals surface area contributed by atoms with E-state index in [1.54, 1.807) is 12.1 Å². The molecule has 0 aliphatic carbocycles. The van der Waals surface area contributed by atoms with Gasteiger partial charge in [-0.2, -0.15) is 0 Å². The summed E-state index contributed by atoms with van der Waals surface area (Å²) < 4.78 is 0. The average molecular weight is 262 g/mol. The van der Waals surface area contributed by atoms with Crippen LogP contribution < -0.4 is 5.73 Å². The Kier molecular flexibility index (Phi) is 5.23. The average Bonchev–Trinajstić information content (AvgIpc) is 2.46. The van der Waals surface area contributed by atoms with Crippen molar-refractivity contribution in [2.75, 3.05) is 19.6 Å². The Labute approximate surface area is 116 Å². The second-order valence-corrected chi connectivity index (χ2v) is 5.79. The Morgan fingerprint density at radius 1 is 1.37 bits per heavy atom. The second-order valence-electron chi connectivity index (χ2n) is 5.79. The van der Waals surface area contributed by atoms with Gasteiger partial charge in [0.25, 0.3) is 0 Å². The zero-order valence-electron chi connectivity index (χ0n) is 11.9. The third-order valence-corrected chi connectivity index (χ3v) is 4.29. The Bertz CT molecular complexity index is 377. The van der Waals surface area contributed by atoms with Crippen LogP contribution in [-0.2, 0) is 6.42 Å². The molecule has 1 fully saturated rings. The predicted octanol–water partition coefficient (Wildman–Crippen LogP) is 2.38. The molecule has 0 radical (unpaired) electrons. The third kappa shape index (κ3) is 4.22. The van der Waals surface area contributed by atoms with Gasteiger partial charge < -0.3 is 15.7 Å². The number of hydrogen-bond acceptors (Lipinski definition) is 3. The standard InChI is InChI=1S/C16H26N2O/c1-13(18-10-2-3-15(11-17)12-18)4-5-14-6-8-16(19)9-7-14/h6-9,13,15,19H,2-5,10-12,17H2,1H3. The number of phenolic OH excluding ortho intramolecular Hbond substituents is 1. The van der Waals surface area contributed by atoms with E-state index < -0.39 is 0 Å². The highest BCUT2D eigenvalue weighted by atomic mass is 16.3. The van der Waals surface area contributed by atoms with Gasteiger partial charge in [-0.1, -0.05) is 12.1 Å². The molecule has 0 saturated carbocycles. The van der Waals surface area contributed by atoms with Gasteiger partial charge >= 0.3 is 0 Å². The number of aryl methyl sites for hydroxylation is 1. The van der Waals surface area contributed by atoms with Crippen LogP contribution in [0.3, 0.4) is 0 Å². The smallest absolute Gasteiger partial charge is 0.115 e. The fourth-order valence-corrected chi connectivity index (χ4v) is 2.91. The van der Waals surface area contributed by atoms with Gasteiger partial charge in [0.15, 0.2) is 0 Å². The van der Waals surface area contributed by atoms with Crippen molar-refractivity contribution in [2.45, 2.75) is 38.6 Å². The topological polar surface area (TPSA) is 49.5 Å². The lowest BCUT2D eigenvalue weighted by atomic mass is 9.95. The maximum atomic E-state index is 9.27. The van der Waals surface area contributed by atoms with Crippen LogP contribution in [0, 0.1) is 5.92 Å². The number of nitrogens with two attached hydrogens (primary N) is 1. The molecule has 0 spiro atoms. The fourth-order valence-electron chi connectivity index (χ4n) is 2.91. The molecule has 1 aromatic rings. The van der Waals surface area contributed by atoms with Crippen LogP contribution in [0.4, 0.5) is 0 Å². The molecule has 0 bridgehead atoms. The van der Waals surface area contributed by atoms with Gasteiger partial charge in [0.1, 0.15) is 5.75 Å². The Morgan fingerprint density at radius 3 is 2.79 bits per heavy atom. The molecule has 0 amide bonds. The zero-order chi connectivity index (χ0) is 13.7. The van der Waals surface area contributed by atoms with E-state index in [4.69, 9.17) is 5.73 Å². The molecule has 1 aliphatic rings. The van der Waals surface area contributed by atoms with Crippen LogP contribution in [0.5, 0.6) is 5.75 Å². The third-order valence-electron chi connectivity index (χ3n) is 4.29. The molecule has 1 aromatic carbocycles. The molecule has 3 heteroatoms. The van der Waals surface area contributed by atoms with Crippen LogP contribution >= 0.6 is 0 Å². The van der Waals surface area contributed by atoms with Crippen molar-refractivity contribution in [1.82, 2.24) is 4.90 Å². The van der Waals surface area contributed by atoms with Gasteiger partial charge in [0, 0.05) is 12.6 Å². The summed E-state index contributed by atoms with van der Waals surface area (Å²) in [6.07, 6.45) is 4.82. The van der Waals surface area contributed by atoms with Gasteiger partial charge in [-0.25, -0.2) is 0 Å². The highest BCUT2D eigenvalue weighted by Gasteiger charge is 2.22. The van der Waals surface area contributed by atoms with E-state index in [-0.39, 0.29) is 0 Å². The van der Waals surface area contributed by atoms with E-state index in [2.05, 4.69) is 11.8 Å². The first kappa shape index (κ1) is 14.4. The molecule has 1 saturated heterocycles. The summed E-state index contributed by atoms with van der Waals surface area (Å²) in [6, 6.07) is 8.18. The van der Waals surface area contributed by atoms with Crippen molar-refractivity contribution in [1.29, 1.82) is 0 Å². The van der Waals surface area contributed by atoms with E-state index in [0.29, 0.717) is 17.7 Å². The predicted molar refractivity (Wildman–Crippen MR) is 79.2 cm³/mol. The molecule has 19 heavy (non-hydrogen) atoms. The number of hydrogen-bond donors (Lipinski definition) is 2. The molecule has 2 atom stereocenters. The lowest BCUT2D eigenvalue weighted by Crippen LogP contribution is -2.43. The molecule has 3 nitrogen and oxygen atoms in total. The van der Waals surface area contributed by atoms with Crippen LogP contribution in [0.2, 0.25) is 0 Å². The molecule has 1 heterocycles. The van der Waals surface area contributed by atoms with E-state index in [1.807, 2.05) is 12.1 Å². The monoisotopic (exact) mass is 262 g/mol. The number of piperidine rings is 1. The van der Waals surface area contributed by atoms with Crippen molar-refractivity contribution < 1.29 is 5.11 Å². The van der Waals surface area contributed by atoms with E-state index >= 15 is 0 Å². The molecule has 2 rings (SSSR count).